The number of hydrogen-bond acceptors (Lipinski definition) is 17. The van der Waals surface area contributed by atoms with Gasteiger partial charge >= 0.3 is 29.8 Å². The number of nitrogens with zero attached hydrogens (tertiary/aromatic N) is 3. The van der Waals surface area contributed by atoms with Crippen LogP contribution in [-0.4, -0.2) is 135 Å². The van der Waals surface area contributed by atoms with Crippen molar-refractivity contribution in [2.45, 2.75) is 148 Å². The Morgan fingerprint density at radius 1 is 0.525 bits per heavy atom. The van der Waals surface area contributed by atoms with Crippen molar-refractivity contribution in [1.29, 1.82) is 0 Å². The second kappa shape index (κ2) is 38.3. The van der Waals surface area contributed by atoms with Gasteiger partial charge in [-0.25, -0.2) is 9.69 Å². The van der Waals surface area contributed by atoms with Crippen LogP contribution in [0.4, 0.5) is 0 Å². The molecule has 0 aliphatic heterocycles. The Kier molecular flexibility index (Phi) is 42.0. The summed E-state index contributed by atoms with van der Waals surface area (Å²) in [6, 6.07) is -0.522. The summed E-state index contributed by atoms with van der Waals surface area (Å²) in [5.74, 6) is -4.90. The molecule has 22 heteroatoms. The molecule has 0 aromatic heterocycles. The maximum atomic E-state index is 11.2. The van der Waals surface area contributed by atoms with Crippen molar-refractivity contribution in [3.05, 3.63) is 6.92 Å². The van der Waals surface area contributed by atoms with Gasteiger partial charge in [0.25, 0.3) is 0 Å². The number of nitrogens with one attached hydrogen (secondary N) is 2. The average Bonchev–Trinajstić information content (AvgIpc) is 3.03. The van der Waals surface area contributed by atoms with E-state index in [2.05, 4.69) is 27.0 Å². The topological polar surface area (TPSA) is 326 Å². The van der Waals surface area contributed by atoms with Crippen LogP contribution < -0.4 is 22.1 Å². The van der Waals surface area contributed by atoms with Crippen molar-refractivity contribution in [1.82, 2.24) is 25.3 Å². The first-order chi connectivity index (χ1) is 27.6. The van der Waals surface area contributed by atoms with E-state index in [9.17, 15) is 62.3 Å². The number of Topliss-reactive ketones (excluding diaryl/α,β-unsaturated/α-hetero) is 1. The summed E-state index contributed by atoms with van der Waals surface area (Å²) < 4.78 is 7.94. The maximum Gasteiger partial charge on any atom is 0.408 e. The summed E-state index contributed by atoms with van der Waals surface area (Å²) in [6.07, 6.45) is 1.27. The fourth-order valence-corrected chi connectivity index (χ4v) is 3.98. The Hall–Kier alpha value is -5.90. The molecule has 0 rings (SSSR count). The van der Waals surface area contributed by atoms with Crippen LogP contribution >= 0.6 is 0 Å². The third kappa shape index (κ3) is 52.1. The molecule has 0 radical (unpaired) electrons. The molecule has 8 amide bonds. The van der Waals surface area contributed by atoms with E-state index in [1.807, 2.05) is 13.8 Å². The summed E-state index contributed by atoms with van der Waals surface area (Å²) in [4.78, 5) is 141. The normalized spacial score (nSPS) is 11.1. The lowest BCUT2D eigenvalue weighted by atomic mass is 10.1. The molecule has 350 valence electrons. The van der Waals surface area contributed by atoms with Gasteiger partial charge in [0.2, 0.25) is 41.4 Å². The number of carbonyl (C=O) groups is 13. The predicted molar refractivity (Wildman–Crippen MR) is 223 cm³/mol. The van der Waals surface area contributed by atoms with Gasteiger partial charge in [-0.2, -0.15) is 0 Å². The van der Waals surface area contributed by atoms with Gasteiger partial charge in [0.15, 0.2) is 6.92 Å². The summed E-state index contributed by atoms with van der Waals surface area (Å²) in [5, 5.41) is 5.30. The SMILES string of the molecule is CC(=O)CCC(C)NC(C)=O.CC(=O)NC(C)CN(C(C)=O)C(C)=O.CC(=O)OC(C)=O.CC(=O)OC(C)=O.CC(N)CN.[CH2+]C(=O)N(CC(C)N(C(C)=O)C(C)=O)C(C)=O. The van der Waals surface area contributed by atoms with Gasteiger partial charge in [-0.3, -0.25) is 62.5 Å². The molecule has 0 spiro atoms. The van der Waals surface area contributed by atoms with E-state index in [1.54, 1.807) is 20.8 Å². The van der Waals surface area contributed by atoms with Gasteiger partial charge in [-0.1, -0.05) is 0 Å². The summed E-state index contributed by atoms with van der Waals surface area (Å²) in [7, 11) is 0. The van der Waals surface area contributed by atoms with E-state index in [4.69, 9.17) is 11.5 Å². The summed E-state index contributed by atoms with van der Waals surface area (Å²) >= 11 is 0. The van der Waals surface area contributed by atoms with Crippen LogP contribution in [0.1, 0.15) is 124 Å². The van der Waals surface area contributed by atoms with E-state index in [0.717, 1.165) is 21.1 Å². The molecule has 0 fully saturated rings. The lowest BCUT2D eigenvalue weighted by Crippen LogP contribution is -2.49. The zero-order valence-corrected chi connectivity index (χ0v) is 38.7. The number of ketones is 1. The third-order valence-corrected chi connectivity index (χ3v) is 6.24. The molecule has 0 heterocycles. The molecule has 0 aromatic carbocycles. The molecule has 61 heavy (non-hydrogen) atoms. The van der Waals surface area contributed by atoms with Crippen LogP contribution in [0, 0.1) is 6.92 Å². The number of carbonyl (C=O) groups excluding carboxylic acids is 13. The minimum absolute atomic E-state index is 0.0407. The van der Waals surface area contributed by atoms with Crippen LogP contribution in [0.5, 0.6) is 0 Å². The van der Waals surface area contributed by atoms with Crippen LogP contribution in [-0.2, 0) is 71.8 Å². The van der Waals surface area contributed by atoms with Crippen molar-refractivity contribution >= 4 is 76.9 Å². The van der Waals surface area contributed by atoms with Crippen LogP contribution in [0.2, 0.25) is 0 Å². The molecule has 0 aliphatic rings. The smallest absolute Gasteiger partial charge is 0.394 e. The van der Waals surface area contributed by atoms with Crippen LogP contribution in [0.25, 0.3) is 0 Å². The van der Waals surface area contributed by atoms with Crippen molar-refractivity contribution in [2.75, 3.05) is 19.6 Å². The fourth-order valence-electron chi connectivity index (χ4n) is 3.98. The van der Waals surface area contributed by atoms with Crippen molar-refractivity contribution in [3.63, 3.8) is 0 Å². The quantitative estimate of drug-likeness (QED) is 0.123. The molecule has 0 bridgehead atoms. The van der Waals surface area contributed by atoms with Gasteiger partial charge in [0.1, 0.15) is 5.78 Å². The monoisotopic (exact) mass is 876 g/mol. The first kappa shape index (κ1) is 66.9. The molecule has 0 saturated heterocycles. The van der Waals surface area contributed by atoms with Crippen molar-refractivity contribution in [2.24, 2.45) is 11.5 Å². The first-order valence-electron chi connectivity index (χ1n) is 18.7. The molecule has 22 nitrogen and oxygen atoms in total. The third-order valence-electron chi connectivity index (χ3n) is 6.24. The van der Waals surface area contributed by atoms with Crippen molar-refractivity contribution in [3.8, 4) is 0 Å². The highest BCUT2D eigenvalue weighted by molar-refractivity contribution is 5.97. The number of nitrogens with two attached hydrogens (primary N) is 2. The highest BCUT2D eigenvalue weighted by atomic mass is 16.6. The van der Waals surface area contributed by atoms with Gasteiger partial charge in [0, 0.05) is 114 Å². The largest absolute Gasteiger partial charge is 0.408 e. The Labute approximate surface area is 359 Å². The second-order valence-electron chi connectivity index (χ2n) is 13.3. The van der Waals surface area contributed by atoms with E-state index >= 15 is 0 Å². The Balaban J connectivity index is -0.000000156. The molecule has 0 aromatic rings. The van der Waals surface area contributed by atoms with E-state index in [0.29, 0.717) is 13.0 Å². The van der Waals surface area contributed by atoms with E-state index < -0.39 is 53.5 Å². The van der Waals surface area contributed by atoms with Crippen LogP contribution in [0.15, 0.2) is 0 Å². The molecular weight excluding hydrogens is 806 g/mol. The number of esters is 4. The molecule has 6 N–H and O–H groups in total. The zero-order valence-electron chi connectivity index (χ0n) is 38.7. The Bertz CT molecular complexity index is 1390. The summed E-state index contributed by atoms with van der Waals surface area (Å²) in [6.45, 7) is 26.5. The summed E-state index contributed by atoms with van der Waals surface area (Å²) in [5.41, 5.74) is 10.2. The van der Waals surface area contributed by atoms with Crippen LogP contribution in [0.3, 0.4) is 0 Å². The Morgan fingerprint density at radius 3 is 1.03 bits per heavy atom. The molecule has 4 unspecified atom stereocenters. The van der Waals surface area contributed by atoms with E-state index in [-0.39, 0.29) is 60.6 Å². The van der Waals surface area contributed by atoms with Gasteiger partial charge in [-0.15, -0.1) is 0 Å². The average molecular weight is 877 g/mol. The van der Waals surface area contributed by atoms with Gasteiger partial charge < -0.3 is 36.4 Å². The first-order valence-corrected chi connectivity index (χ1v) is 18.7. The molecule has 0 aliphatic carbocycles. The highest BCUT2D eigenvalue weighted by Crippen LogP contribution is 2.05. The van der Waals surface area contributed by atoms with Gasteiger partial charge in [-0.05, 0) is 41.0 Å². The Morgan fingerprint density at radius 2 is 0.836 bits per heavy atom. The number of hydrogen-bond donors (Lipinski definition) is 4. The standard InChI is InChI=1S/C11H17N2O4.C9H16N2O3.C8H15NO2.2C4H6O3.C3H10N2/c1-7(13(10(4)16)11(5)17)6-12(8(2)14)9(3)15;1-6(10-7(2)12)5-11(8(3)13)9(4)14;1-6(9-8(3)11)4-5-7(2)10;2*1-3(5)7-4(2)6;1-3(5)2-4/h7H,2,6H2,1,3-5H3;6H,5H2,1-4H3,(H,10,12);6H,4-5H2,1-3H3,(H,9,11);2*1-2H3;3H,2,4-5H2,1H3/q+1;;;;;. The van der Waals surface area contributed by atoms with Crippen molar-refractivity contribution < 1.29 is 71.8 Å². The number of ether oxygens (including phenoxy) is 2. The molecule has 0 saturated carbocycles. The molecular formula is C39H70N7O15+. The number of amides is 8. The minimum atomic E-state index is -0.656. The number of imide groups is 3. The van der Waals surface area contributed by atoms with E-state index in [1.165, 1.54) is 76.2 Å². The lowest BCUT2D eigenvalue weighted by molar-refractivity contribution is -0.158. The second-order valence-corrected chi connectivity index (χ2v) is 13.3. The molecule has 4 atom stereocenters. The minimum Gasteiger partial charge on any atom is -0.394 e. The maximum absolute atomic E-state index is 11.2. The fraction of sp³-hybridized carbons (Fsp3) is 0.641. The predicted octanol–water partition coefficient (Wildman–Crippen LogP) is 0.250. The zero-order chi connectivity index (χ0) is 49.9. The van der Waals surface area contributed by atoms with Gasteiger partial charge in [0.05, 0.1) is 12.6 Å². The highest BCUT2D eigenvalue weighted by Gasteiger charge is 2.28. The number of rotatable bonds is 11. The lowest BCUT2D eigenvalue weighted by Gasteiger charge is -2.27.